The first kappa shape index (κ1) is 8.24. The number of hydrogen-bond donors (Lipinski definition) is 1. The minimum absolute atomic E-state index is 0.310. The van der Waals surface area contributed by atoms with Gasteiger partial charge in [0.05, 0.1) is 0 Å². The van der Waals surface area contributed by atoms with Crippen LogP contribution in [0.4, 0.5) is 0 Å². The van der Waals surface area contributed by atoms with Crippen molar-refractivity contribution in [3.63, 3.8) is 0 Å². The predicted molar refractivity (Wildman–Crippen MR) is 47.8 cm³/mol. The van der Waals surface area contributed by atoms with Crippen molar-refractivity contribution in [3.8, 4) is 0 Å². The zero-order chi connectivity index (χ0) is 8.72. The smallest absolute Gasteiger partial charge is 0.136 e. The average molecular weight is 167 g/mol. The number of piperidine rings is 1. The van der Waals surface area contributed by atoms with E-state index in [0.29, 0.717) is 29.5 Å². The topological polar surface area (TPSA) is 29.1 Å². The molecule has 0 amide bonds. The highest BCUT2D eigenvalue weighted by Crippen LogP contribution is 2.40. The number of carbonyl (C=O) groups is 1. The van der Waals surface area contributed by atoms with Gasteiger partial charge in [0.1, 0.15) is 5.78 Å². The van der Waals surface area contributed by atoms with E-state index in [9.17, 15) is 4.79 Å². The summed E-state index contributed by atoms with van der Waals surface area (Å²) in [5.74, 6) is 2.79. The second kappa shape index (κ2) is 2.84. The molecule has 2 nitrogen and oxygen atoms in total. The van der Waals surface area contributed by atoms with Crippen LogP contribution in [0, 0.1) is 23.7 Å². The summed E-state index contributed by atoms with van der Waals surface area (Å²) in [4.78, 5) is 11.5. The van der Waals surface area contributed by atoms with Gasteiger partial charge in [-0.15, -0.1) is 0 Å². The molecule has 1 aliphatic heterocycles. The maximum atomic E-state index is 11.5. The Morgan fingerprint density at radius 3 is 2.67 bits per heavy atom. The van der Waals surface area contributed by atoms with Gasteiger partial charge in [-0.25, -0.2) is 0 Å². The number of fused-ring (bicyclic) bond motifs is 1. The van der Waals surface area contributed by atoms with Gasteiger partial charge in [0.15, 0.2) is 0 Å². The van der Waals surface area contributed by atoms with Crippen LogP contribution in [-0.4, -0.2) is 18.9 Å². The summed E-state index contributed by atoms with van der Waals surface area (Å²) in [5, 5.41) is 3.40. The third-order valence-electron chi connectivity index (χ3n) is 3.71. The zero-order valence-corrected chi connectivity index (χ0v) is 7.84. The molecule has 1 N–H and O–H groups in total. The van der Waals surface area contributed by atoms with Crippen LogP contribution < -0.4 is 5.32 Å². The zero-order valence-electron chi connectivity index (χ0n) is 7.84. The van der Waals surface area contributed by atoms with Gasteiger partial charge in [-0.1, -0.05) is 13.8 Å². The quantitative estimate of drug-likeness (QED) is 0.584. The van der Waals surface area contributed by atoms with Crippen LogP contribution in [0.25, 0.3) is 0 Å². The van der Waals surface area contributed by atoms with E-state index in [2.05, 4.69) is 19.2 Å². The van der Waals surface area contributed by atoms with Crippen molar-refractivity contribution in [1.82, 2.24) is 5.32 Å². The number of nitrogens with one attached hydrogen (secondary N) is 1. The van der Waals surface area contributed by atoms with E-state index in [1.54, 1.807) is 0 Å². The molecule has 0 radical (unpaired) electrons. The maximum absolute atomic E-state index is 11.5. The monoisotopic (exact) mass is 167 g/mol. The summed E-state index contributed by atoms with van der Waals surface area (Å²) in [7, 11) is 0. The summed E-state index contributed by atoms with van der Waals surface area (Å²) in [5.41, 5.74) is 0. The molecule has 1 aliphatic carbocycles. The molecule has 0 aromatic carbocycles. The Morgan fingerprint density at radius 1 is 1.25 bits per heavy atom. The molecule has 4 atom stereocenters. The fourth-order valence-corrected chi connectivity index (χ4v) is 2.76. The summed E-state index contributed by atoms with van der Waals surface area (Å²) >= 11 is 0. The van der Waals surface area contributed by atoms with E-state index in [1.165, 1.54) is 0 Å². The van der Waals surface area contributed by atoms with Crippen molar-refractivity contribution in [2.24, 2.45) is 23.7 Å². The van der Waals surface area contributed by atoms with Gasteiger partial charge in [0.2, 0.25) is 0 Å². The van der Waals surface area contributed by atoms with Crippen LogP contribution in [0.3, 0.4) is 0 Å². The van der Waals surface area contributed by atoms with E-state index < -0.39 is 0 Å². The van der Waals surface area contributed by atoms with Gasteiger partial charge < -0.3 is 5.32 Å². The largest absolute Gasteiger partial charge is 0.316 e. The fourth-order valence-electron chi connectivity index (χ4n) is 2.76. The third kappa shape index (κ3) is 1.09. The summed E-state index contributed by atoms with van der Waals surface area (Å²) in [6.45, 7) is 6.50. The Kier molecular flexibility index (Phi) is 1.95. The molecular formula is C10H17NO. The van der Waals surface area contributed by atoms with Crippen LogP contribution in [0.5, 0.6) is 0 Å². The highest BCUT2D eigenvalue weighted by atomic mass is 16.1. The van der Waals surface area contributed by atoms with Crippen molar-refractivity contribution >= 4 is 5.78 Å². The molecule has 1 saturated heterocycles. The lowest BCUT2D eigenvalue weighted by atomic mass is 9.79. The standard InChI is InChI=1S/C10H17NO/c1-6-4-11-5-9-7(2)10(12)3-8(6)9/h6-9,11H,3-5H2,1-2H3. The molecule has 0 aromatic rings. The Morgan fingerprint density at radius 2 is 2.00 bits per heavy atom. The van der Waals surface area contributed by atoms with Crippen molar-refractivity contribution in [1.29, 1.82) is 0 Å². The second-order valence-electron chi connectivity index (χ2n) is 4.42. The van der Waals surface area contributed by atoms with Gasteiger partial charge in [-0.3, -0.25) is 4.79 Å². The van der Waals surface area contributed by atoms with Gasteiger partial charge in [-0.2, -0.15) is 0 Å². The molecule has 0 bridgehead atoms. The minimum atomic E-state index is 0.310. The van der Waals surface area contributed by atoms with E-state index in [0.717, 1.165) is 19.5 Å². The molecule has 4 unspecified atom stereocenters. The minimum Gasteiger partial charge on any atom is -0.316 e. The Bertz CT molecular complexity index is 202. The van der Waals surface area contributed by atoms with Crippen LogP contribution in [0.15, 0.2) is 0 Å². The molecule has 2 aliphatic rings. The molecule has 0 spiro atoms. The Hall–Kier alpha value is -0.370. The van der Waals surface area contributed by atoms with Gasteiger partial charge >= 0.3 is 0 Å². The summed E-state index contributed by atoms with van der Waals surface area (Å²) in [6.07, 6.45) is 0.842. The van der Waals surface area contributed by atoms with Gasteiger partial charge in [-0.05, 0) is 30.8 Å². The van der Waals surface area contributed by atoms with Crippen LogP contribution in [-0.2, 0) is 4.79 Å². The molecule has 2 heteroatoms. The highest BCUT2D eigenvalue weighted by Gasteiger charge is 2.43. The van der Waals surface area contributed by atoms with Crippen LogP contribution in [0.1, 0.15) is 20.3 Å². The van der Waals surface area contributed by atoms with E-state index in [4.69, 9.17) is 0 Å². The molecule has 1 heterocycles. The number of hydrogen-bond acceptors (Lipinski definition) is 2. The molecule has 1 saturated carbocycles. The first-order valence-corrected chi connectivity index (χ1v) is 4.93. The number of rotatable bonds is 0. The Labute approximate surface area is 73.7 Å². The molecule has 2 fully saturated rings. The van der Waals surface area contributed by atoms with E-state index in [1.807, 2.05) is 0 Å². The van der Waals surface area contributed by atoms with Crippen molar-refractivity contribution in [2.75, 3.05) is 13.1 Å². The summed E-state index contributed by atoms with van der Waals surface area (Å²) < 4.78 is 0. The van der Waals surface area contributed by atoms with Crippen molar-refractivity contribution in [2.45, 2.75) is 20.3 Å². The SMILES string of the molecule is CC1CNCC2C(C)C(=O)CC12. The fraction of sp³-hybridized carbons (Fsp3) is 0.900. The third-order valence-corrected chi connectivity index (χ3v) is 3.71. The molecule has 68 valence electrons. The first-order chi connectivity index (χ1) is 5.70. The normalized spacial score (nSPS) is 47.7. The molecular weight excluding hydrogens is 150 g/mol. The van der Waals surface area contributed by atoms with Crippen LogP contribution in [0.2, 0.25) is 0 Å². The van der Waals surface area contributed by atoms with Crippen molar-refractivity contribution < 1.29 is 4.79 Å². The molecule has 2 rings (SSSR count). The lowest BCUT2D eigenvalue weighted by molar-refractivity contribution is -0.120. The number of ketones is 1. The van der Waals surface area contributed by atoms with Crippen molar-refractivity contribution in [3.05, 3.63) is 0 Å². The van der Waals surface area contributed by atoms with Gasteiger partial charge in [0.25, 0.3) is 0 Å². The Balaban J connectivity index is 2.16. The second-order valence-corrected chi connectivity index (χ2v) is 4.42. The van der Waals surface area contributed by atoms with Gasteiger partial charge in [0, 0.05) is 12.3 Å². The number of carbonyl (C=O) groups excluding carboxylic acids is 1. The first-order valence-electron chi connectivity index (χ1n) is 4.93. The molecule has 12 heavy (non-hydrogen) atoms. The van der Waals surface area contributed by atoms with E-state index in [-0.39, 0.29) is 0 Å². The molecule has 0 aromatic heterocycles. The summed E-state index contributed by atoms with van der Waals surface area (Å²) in [6, 6.07) is 0. The van der Waals surface area contributed by atoms with E-state index >= 15 is 0 Å². The lowest BCUT2D eigenvalue weighted by Gasteiger charge is -2.33. The number of Topliss-reactive ketones (excluding diaryl/α,β-unsaturated/α-hetero) is 1. The van der Waals surface area contributed by atoms with Crippen LogP contribution >= 0.6 is 0 Å². The lowest BCUT2D eigenvalue weighted by Crippen LogP contribution is -2.41. The maximum Gasteiger partial charge on any atom is 0.136 e. The average Bonchev–Trinajstić information content (AvgIpc) is 2.32. The highest BCUT2D eigenvalue weighted by molar-refractivity contribution is 5.83. The predicted octanol–water partition coefficient (Wildman–Crippen LogP) is 1.07.